The van der Waals surface area contributed by atoms with E-state index in [-0.39, 0.29) is 0 Å². The molecule has 1 aliphatic rings. The lowest BCUT2D eigenvalue weighted by Crippen LogP contribution is -2.20. The Bertz CT molecular complexity index is 390. The highest BCUT2D eigenvalue weighted by Gasteiger charge is 2.16. The molecule has 0 saturated heterocycles. The van der Waals surface area contributed by atoms with E-state index in [1.165, 1.54) is 16.7 Å². The average molecular weight is 272 g/mol. The standard InChI is InChI=1S/C14H19Cl2N/c1-17-9-6-12-11(3-2-8-15)4-5-14(16)13(12)7-10-17/h4-5H,2-3,6-10H2,1H3. The molecule has 0 amide bonds. The van der Waals surface area contributed by atoms with Crippen molar-refractivity contribution in [3.8, 4) is 0 Å². The molecular formula is C14H19Cl2N. The van der Waals surface area contributed by atoms with Gasteiger partial charge in [0.1, 0.15) is 0 Å². The van der Waals surface area contributed by atoms with Crippen molar-refractivity contribution >= 4 is 23.2 Å². The van der Waals surface area contributed by atoms with Gasteiger partial charge in [-0.1, -0.05) is 17.7 Å². The molecule has 1 heterocycles. The Labute approximate surface area is 114 Å². The van der Waals surface area contributed by atoms with E-state index in [0.717, 1.165) is 49.7 Å². The van der Waals surface area contributed by atoms with Gasteiger partial charge in [0.25, 0.3) is 0 Å². The topological polar surface area (TPSA) is 3.24 Å². The van der Waals surface area contributed by atoms with Crippen LogP contribution in [0, 0.1) is 0 Å². The summed E-state index contributed by atoms with van der Waals surface area (Å²) in [7, 11) is 2.18. The summed E-state index contributed by atoms with van der Waals surface area (Å²) in [6.45, 7) is 2.23. The van der Waals surface area contributed by atoms with E-state index in [4.69, 9.17) is 23.2 Å². The molecule has 1 aliphatic heterocycles. The van der Waals surface area contributed by atoms with Gasteiger partial charge in [-0.25, -0.2) is 0 Å². The molecule has 1 aromatic rings. The number of halogens is 2. The molecule has 0 atom stereocenters. The van der Waals surface area contributed by atoms with Crippen LogP contribution in [-0.2, 0) is 19.3 Å². The maximum Gasteiger partial charge on any atom is 0.0441 e. The Morgan fingerprint density at radius 2 is 1.88 bits per heavy atom. The highest BCUT2D eigenvalue weighted by Crippen LogP contribution is 2.27. The third-order valence-electron chi connectivity index (χ3n) is 3.54. The lowest BCUT2D eigenvalue weighted by Gasteiger charge is -2.13. The van der Waals surface area contributed by atoms with Crippen molar-refractivity contribution in [3.05, 3.63) is 33.8 Å². The number of likely N-dealkylation sites (N-methyl/N-ethyl adjacent to an activating group) is 1. The van der Waals surface area contributed by atoms with Gasteiger partial charge in [-0.05, 0) is 55.5 Å². The van der Waals surface area contributed by atoms with Gasteiger partial charge in [0.2, 0.25) is 0 Å². The zero-order valence-electron chi connectivity index (χ0n) is 10.3. The number of hydrogen-bond acceptors (Lipinski definition) is 1. The van der Waals surface area contributed by atoms with Gasteiger partial charge in [-0.15, -0.1) is 11.6 Å². The second-order valence-corrected chi connectivity index (χ2v) is 5.54. The van der Waals surface area contributed by atoms with Gasteiger partial charge in [-0.2, -0.15) is 0 Å². The lowest BCUT2D eigenvalue weighted by atomic mass is 9.94. The van der Waals surface area contributed by atoms with Gasteiger partial charge in [0.15, 0.2) is 0 Å². The number of benzene rings is 1. The summed E-state index contributed by atoms with van der Waals surface area (Å²) >= 11 is 12.1. The van der Waals surface area contributed by atoms with Crippen LogP contribution in [0.5, 0.6) is 0 Å². The molecule has 1 aromatic carbocycles. The Kier molecular flexibility index (Phi) is 4.72. The molecule has 3 heteroatoms. The second-order valence-electron chi connectivity index (χ2n) is 4.76. The van der Waals surface area contributed by atoms with Crippen molar-refractivity contribution in [3.63, 3.8) is 0 Å². The van der Waals surface area contributed by atoms with Crippen molar-refractivity contribution in [1.29, 1.82) is 0 Å². The third kappa shape index (κ3) is 3.15. The molecule has 0 saturated carbocycles. The molecule has 0 bridgehead atoms. The molecule has 2 rings (SSSR count). The normalized spacial score (nSPS) is 16.6. The van der Waals surface area contributed by atoms with Crippen LogP contribution < -0.4 is 0 Å². The van der Waals surface area contributed by atoms with E-state index in [2.05, 4.69) is 24.1 Å². The van der Waals surface area contributed by atoms with Crippen LogP contribution in [0.1, 0.15) is 23.1 Å². The van der Waals surface area contributed by atoms with Crippen LogP contribution >= 0.6 is 23.2 Å². The minimum absolute atomic E-state index is 0.733. The van der Waals surface area contributed by atoms with E-state index < -0.39 is 0 Å². The largest absolute Gasteiger partial charge is 0.306 e. The first kappa shape index (κ1) is 13.2. The number of fused-ring (bicyclic) bond motifs is 1. The number of nitrogens with zero attached hydrogens (tertiary/aromatic N) is 1. The molecule has 0 aromatic heterocycles. The monoisotopic (exact) mass is 271 g/mol. The van der Waals surface area contributed by atoms with Gasteiger partial charge < -0.3 is 4.90 Å². The average Bonchev–Trinajstić information content (AvgIpc) is 2.52. The first-order chi connectivity index (χ1) is 8.22. The summed E-state index contributed by atoms with van der Waals surface area (Å²) in [6, 6.07) is 4.23. The van der Waals surface area contributed by atoms with Gasteiger partial charge in [0.05, 0.1) is 0 Å². The molecule has 0 fully saturated rings. The van der Waals surface area contributed by atoms with Crippen LogP contribution in [0.3, 0.4) is 0 Å². The smallest absolute Gasteiger partial charge is 0.0441 e. The second kappa shape index (κ2) is 6.08. The van der Waals surface area contributed by atoms with Crippen molar-refractivity contribution < 1.29 is 0 Å². The molecular weight excluding hydrogens is 253 g/mol. The van der Waals surface area contributed by atoms with Crippen molar-refractivity contribution in [2.45, 2.75) is 25.7 Å². The van der Waals surface area contributed by atoms with Crippen LogP contribution in [0.4, 0.5) is 0 Å². The highest BCUT2D eigenvalue weighted by molar-refractivity contribution is 6.31. The zero-order valence-corrected chi connectivity index (χ0v) is 11.8. The molecule has 1 nitrogen and oxygen atoms in total. The summed E-state index contributed by atoms with van der Waals surface area (Å²) in [6.07, 6.45) is 4.31. The fourth-order valence-electron chi connectivity index (χ4n) is 2.50. The predicted molar refractivity (Wildman–Crippen MR) is 75.4 cm³/mol. The molecule has 17 heavy (non-hydrogen) atoms. The van der Waals surface area contributed by atoms with Crippen LogP contribution in [0.15, 0.2) is 12.1 Å². The maximum absolute atomic E-state index is 6.32. The summed E-state index contributed by atoms with van der Waals surface area (Å²) in [4.78, 5) is 2.38. The van der Waals surface area contributed by atoms with E-state index >= 15 is 0 Å². The summed E-state index contributed by atoms with van der Waals surface area (Å²) < 4.78 is 0. The Balaban J connectivity index is 2.30. The number of aryl methyl sites for hydroxylation is 1. The van der Waals surface area contributed by atoms with Crippen molar-refractivity contribution in [2.24, 2.45) is 0 Å². The molecule has 0 N–H and O–H groups in total. The van der Waals surface area contributed by atoms with E-state index in [9.17, 15) is 0 Å². The highest BCUT2D eigenvalue weighted by atomic mass is 35.5. The minimum atomic E-state index is 0.733. The first-order valence-corrected chi connectivity index (χ1v) is 7.17. The molecule has 0 unspecified atom stereocenters. The SMILES string of the molecule is CN1CCc2c(Cl)ccc(CCCCl)c2CC1. The van der Waals surface area contributed by atoms with E-state index in [1.54, 1.807) is 0 Å². The molecule has 0 spiro atoms. The fourth-order valence-corrected chi connectivity index (χ4v) is 2.91. The van der Waals surface area contributed by atoms with E-state index in [0.29, 0.717) is 0 Å². The van der Waals surface area contributed by atoms with Crippen LogP contribution in [0.2, 0.25) is 5.02 Å². The molecule has 0 radical (unpaired) electrons. The van der Waals surface area contributed by atoms with Crippen LogP contribution in [-0.4, -0.2) is 30.9 Å². The molecule has 0 aliphatic carbocycles. The van der Waals surface area contributed by atoms with Gasteiger partial charge in [-0.3, -0.25) is 0 Å². The number of alkyl halides is 1. The summed E-state index contributed by atoms with van der Waals surface area (Å²) in [5, 5.41) is 0.935. The summed E-state index contributed by atoms with van der Waals surface area (Å²) in [5.41, 5.74) is 4.29. The Hall–Kier alpha value is -0.240. The van der Waals surface area contributed by atoms with Gasteiger partial charge in [0, 0.05) is 24.0 Å². The molecule has 94 valence electrons. The fraction of sp³-hybridized carbons (Fsp3) is 0.571. The van der Waals surface area contributed by atoms with Crippen molar-refractivity contribution in [1.82, 2.24) is 4.90 Å². The third-order valence-corrected chi connectivity index (χ3v) is 4.16. The number of hydrogen-bond donors (Lipinski definition) is 0. The Morgan fingerprint density at radius 1 is 1.18 bits per heavy atom. The van der Waals surface area contributed by atoms with Gasteiger partial charge >= 0.3 is 0 Å². The minimum Gasteiger partial charge on any atom is -0.306 e. The van der Waals surface area contributed by atoms with Crippen LogP contribution in [0.25, 0.3) is 0 Å². The predicted octanol–water partition coefficient (Wildman–Crippen LogP) is 3.54. The summed E-state index contributed by atoms with van der Waals surface area (Å²) in [5.74, 6) is 0.733. The lowest BCUT2D eigenvalue weighted by molar-refractivity contribution is 0.352. The van der Waals surface area contributed by atoms with E-state index in [1.807, 2.05) is 0 Å². The Morgan fingerprint density at radius 3 is 2.59 bits per heavy atom. The van der Waals surface area contributed by atoms with Crippen molar-refractivity contribution in [2.75, 3.05) is 26.0 Å². The zero-order chi connectivity index (χ0) is 12.3. The maximum atomic E-state index is 6.32. The quantitative estimate of drug-likeness (QED) is 0.761. The number of rotatable bonds is 3. The first-order valence-electron chi connectivity index (χ1n) is 6.26.